The molecule has 32 heavy (non-hydrogen) atoms. The first-order valence-electron chi connectivity index (χ1n) is 10.1. The first-order chi connectivity index (χ1) is 15.3. The van der Waals surface area contributed by atoms with E-state index in [9.17, 15) is 9.59 Å². The van der Waals surface area contributed by atoms with Crippen LogP contribution in [0.5, 0.6) is 5.75 Å². The standard InChI is InChI=1S/C23H27N5O3S/c1-14-6-9-19(31-5)18(10-14)25-22(30)13-32-23-27-26-20(28(23)4)12-21(29)24-17-8-7-15(2)16(3)11-17/h6-11H,12-13H2,1-5H3,(H,24,29)(H,25,30). The molecular formula is C23H27N5O3S. The first kappa shape index (κ1) is 23.3. The number of nitrogens with one attached hydrogen (secondary N) is 2. The van der Waals surface area contributed by atoms with Crippen molar-refractivity contribution in [3.63, 3.8) is 0 Å². The predicted octanol–water partition coefficient (Wildman–Crippen LogP) is 3.66. The third kappa shape index (κ3) is 5.88. The van der Waals surface area contributed by atoms with Crippen LogP contribution in [0, 0.1) is 20.8 Å². The van der Waals surface area contributed by atoms with Crippen molar-refractivity contribution in [2.24, 2.45) is 7.05 Å². The molecule has 3 aromatic rings. The lowest BCUT2D eigenvalue weighted by Gasteiger charge is -2.11. The quantitative estimate of drug-likeness (QED) is 0.505. The molecular weight excluding hydrogens is 426 g/mol. The van der Waals surface area contributed by atoms with Crippen molar-refractivity contribution in [1.29, 1.82) is 0 Å². The zero-order valence-corrected chi connectivity index (χ0v) is 19.7. The SMILES string of the molecule is COc1ccc(C)cc1NC(=O)CSc1nnc(CC(=O)Nc2ccc(C)c(C)c2)n1C. The summed E-state index contributed by atoms with van der Waals surface area (Å²) in [5.41, 5.74) is 4.67. The minimum atomic E-state index is -0.184. The number of methoxy groups -OCH3 is 1. The number of hydrogen-bond acceptors (Lipinski definition) is 6. The van der Waals surface area contributed by atoms with Crippen LogP contribution in [0.1, 0.15) is 22.5 Å². The summed E-state index contributed by atoms with van der Waals surface area (Å²) < 4.78 is 7.02. The Balaban J connectivity index is 1.56. The summed E-state index contributed by atoms with van der Waals surface area (Å²) in [6.45, 7) is 5.97. The number of rotatable bonds is 8. The van der Waals surface area contributed by atoms with Crippen molar-refractivity contribution >= 4 is 35.0 Å². The lowest BCUT2D eigenvalue weighted by atomic mass is 10.1. The molecule has 1 heterocycles. The molecule has 0 unspecified atom stereocenters. The van der Waals surface area contributed by atoms with Crippen LogP contribution in [-0.4, -0.2) is 39.4 Å². The average molecular weight is 454 g/mol. The van der Waals surface area contributed by atoms with E-state index in [1.807, 2.05) is 57.2 Å². The van der Waals surface area contributed by atoms with Crippen molar-refractivity contribution < 1.29 is 14.3 Å². The lowest BCUT2D eigenvalue weighted by molar-refractivity contribution is -0.116. The van der Waals surface area contributed by atoms with Crippen LogP contribution in [0.3, 0.4) is 0 Å². The largest absolute Gasteiger partial charge is 0.495 e. The van der Waals surface area contributed by atoms with Crippen molar-refractivity contribution in [2.45, 2.75) is 32.3 Å². The highest BCUT2D eigenvalue weighted by Crippen LogP contribution is 2.26. The number of ether oxygens (including phenoxy) is 1. The molecule has 0 atom stereocenters. The predicted molar refractivity (Wildman–Crippen MR) is 126 cm³/mol. The van der Waals surface area contributed by atoms with Gasteiger partial charge in [0, 0.05) is 12.7 Å². The van der Waals surface area contributed by atoms with Crippen LogP contribution in [0.25, 0.3) is 0 Å². The third-order valence-electron chi connectivity index (χ3n) is 5.00. The number of hydrogen-bond donors (Lipinski definition) is 2. The van der Waals surface area contributed by atoms with Gasteiger partial charge in [-0.25, -0.2) is 0 Å². The molecule has 0 aliphatic rings. The summed E-state index contributed by atoms with van der Waals surface area (Å²) in [4.78, 5) is 24.8. The molecule has 2 aromatic carbocycles. The summed E-state index contributed by atoms with van der Waals surface area (Å²) in [5, 5.41) is 14.5. The Bertz CT molecular complexity index is 1140. The van der Waals surface area contributed by atoms with E-state index in [-0.39, 0.29) is 24.0 Å². The van der Waals surface area contributed by atoms with Gasteiger partial charge in [-0.3, -0.25) is 9.59 Å². The second kappa shape index (κ2) is 10.3. The molecule has 0 saturated carbocycles. The fourth-order valence-corrected chi connectivity index (χ4v) is 3.76. The van der Waals surface area contributed by atoms with Gasteiger partial charge in [-0.05, 0) is 61.7 Å². The molecule has 2 N–H and O–H groups in total. The van der Waals surface area contributed by atoms with Gasteiger partial charge >= 0.3 is 0 Å². The van der Waals surface area contributed by atoms with Gasteiger partial charge in [0.25, 0.3) is 0 Å². The maximum Gasteiger partial charge on any atom is 0.234 e. The van der Waals surface area contributed by atoms with Gasteiger partial charge in [0.15, 0.2) is 5.16 Å². The van der Waals surface area contributed by atoms with Gasteiger partial charge in [0.1, 0.15) is 11.6 Å². The molecule has 0 fully saturated rings. The number of amides is 2. The van der Waals surface area contributed by atoms with E-state index in [4.69, 9.17) is 4.74 Å². The van der Waals surface area contributed by atoms with E-state index < -0.39 is 0 Å². The van der Waals surface area contributed by atoms with Gasteiger partial charge in [-0.15, -0.1) is 10.2 Å². The first-order valence-corrected chi connectivity index (χ1v) is 11.1. The molecule has 0 radical (unpaired) electrons. The van der Waals surface area contributed by atoms with Crippen LogP contribution in [0.2, 0.25) is 0 Å². The second-order valence-corrected chi connectivity index (χ2v) is 8.46. The molecule has 2 amide bonds. The number of carbonyl (C=O) groups is 2. The van der Waals surface area contributed by atoms with Crippen LogP contribution >= 0.6 is 11.8 Å². The minimum absolute atomic E-state index is 0.0870. The Morgan fingerprint density at radius 3 is 2.50 bits per heavy atom. The molecule has 1 aromatic heterocycles. The molecule has 0 aliphatic carbocycles. The molecule has 0 saturated heterocycles. The smallest absolute Gasteiger partial charge is 0.234 e. The number of benzene rings is 2. The van der Waals surface area contributed by atoms with E-state index in [1.54, 1.807) is 18.7 Å². The monoisotopic (exact) mass is 453 g/mol. The number of thioether (sulfide) groups is 1. The molecule has 8 nitrogen and oxygen atoms in total. The number of anilines is 2. The van der Waals surface area contributed by atoms with Crippen LogP contribution < -0.4 is 15.4 Å². The zero-order chi connectivity index (χ0) is 23.3. The van der Waals surface area contributed by atoms with Crippen LogP contribution in [0.4, 0.5) is 11.4 Å². The van der Waals surface area contributed by atoms with E-state index in [2.05, 4.69) is 20.8 Å². The lowest BCUT2D eigenvalue weighted by Crippen LogP contribution is -2.17. The normalized spacial score (nSPS) is 10.7. The number of aryl methyl sites for hydroxylation is 3. The van der Waals surface area contributed by atoms with Gasteiger partial charge < -0.3 is 19.9 Å². The maximum atomic E-state index is 12.4. The topological polar surface area (TPSA) is 98.1 Å². The highest BCUT2D eigenvalue weighted by Gasteiger charge is 2.15. The summed E-state index contributed by atoms with van der Waals surface area (Å²) >= 11 is 1.25. The Morgan fingerprint density at radius 1 is 1.00 bits per heavy atom. The summed E-state index contributed by atoms with van der Waals surface area (Å²) in [7, 11) is 3.34. The number of aromatic nitrogens is 3. The number of carbonyl (C=O) groups excluding carboxylic acids is 2. The van der Waals surface area contributed by atoms with Crippen LogP contribution in [0.15, 0.2) is 41.6 Å². The van der Waals surface area contributed by atoms with E-state index in [1.165, 1.54) is 17.3 Å². The van der Waals surface area contributed by atoms with Crippen molar-refractivity contribution in [3.05, 3.63) is 58.9 Å². The third-order valence-corrected chi connectivity index (χ3v) is 6.02. The van der Waals surface area contributed by atoms with Gasteiger partial charge in [-0.2, -0.15) is 0 Å². The second-order valence-electron chi connectivity index (χ2n) is 7.52. The molecule has 3 rings (SSSR count). The summed E-state index contributed by atoms with van der Waals surface area (Å²) in [6.07, 6.45) is 0.0870. The van der Waals surface area contributed by atoms with Crippen LogP contribution in [-0.2, 0) is 23.1 Å². The highest BCUT2D eigenvalue weighted by atomic mass is 32.2. The van der Waals surface area contributed by atoms with Gasteiger partial charge in [0.05, 0.1) is 25.0 Å². The maximum absolute atomic E-state index is 12.4. The average Bonchev–Trinajstić information content (AvgIpc) is 3.08. The van der Waals surface area contributed by atoms with Gasteiger partial charge in [-0.1, -0.05) is 23.9 Å². The van der Waals surface area contributed by atoms with E-state index in [0.717, 1.165) is 16.8 Å². The Kier molecular flexibility index (Phi) is 7.53. The summed E-state index contributed by atoms with van der Waals surface area (Å²) in [5.74, 6) is 0.914. The Morgan fingerprint density at radius 2 is 1.78 bits per heavy atom. The molecule has 168 valence electrons. The fraction of sp³-hybridized carbons (Fsp3) is 0.304. The molecule has 0 spiro atoms. The van der Waals surface area contributed by atoms with Crippen molar-refractivity contribution in [2.75, 3.05) is 23.5 Å². The summed E-state index contributed by atoms with van der Waals surface area (Å²) in [6, 6.07) is 11.4. The van der Waals surface area contributed by atoms with Crippen molar-refractivity contribution in [3.8, 4) is 5.75 Å². The van der Waals surface area contributed by atoms with E-state index >= 15 is 0 Å². The Hall–Kier alpha value is -3.33. The van der Waals surface area contributed by atoms with Crippen molar-refractivity contribution in [1.82, 2.24) is 14.8 Å². The molecule has 0 aliphatic heterocycles. The molecule has 9 heteroatoms. The fourth-order valence-electron chi connectivity index (χ4n) is 3.03. The number of nitrogens with zero attached hydrogens (tertiary/aromatic N) is 3. The Labute approximate surface area is 191 Å². The van der Waals surface area contributed by atoms with Gasteiger partial charge in [0.2, 0.25) is 11.8 Å². The van der Waals surface area contributed by atoms with E-state index in [0.29, 0.717) is 22.4 Å². The minimum Gasteiger partial charge on any atom is -0.495 e. The zero-order valence-electron chi connectivity index (χ0n) is 18.9. The highest BCUT2D eigenvalue weighted by molar-refractivity contribution is 7.99. The molecule has 0 bridgehead atoms.